The zero-order chi connectivity index (χ0) is 18.1. The van der Waals surface area contributed by atoms with Gasteiger partial charge in [-0.2, -0.15) is 21.8 Å². The number of aromatic nitrogens is 4. The van der Waals surface area contributed by atoms with Crippen molar-refractivity contribution < 1.29 is 5.11 Å². The first-order valence-corrected chi connectivity index (χ1v) is 9.77. The number of hydrogen-bond donors (Lipinski definition) is 3. The fourth-order valence-corrected chi connectivity index (χ4v) is 4.43. The van der Waals surface area contributed by atoms with E-state index in [4.69, 9.17) is 0 Å². The smallest absolute Gasteiger partial charge is 0.263 e. The molecule has 3 aromatic rings. The topological polar surface area (TPSA) is 95.8 Å². The molecule has 1 aliphatic rings. The number of nitrogens with zero attached hydrogens (tertiary/aromatic N) is 3. The lowest BCUT2D eigenvalue weighted by atomic mass is 9.79. The average Bonchev–Trinajstić information content (AvgIpc) is 3.08. The van der Waals surface area contributed by atoms with Crippen LogP contribution in [0.3, 0.4) is 0 Å². The van der Waals surface area contributed by atoms with E-state index in [0.717, 1.165) is 24.3 Å². The normalized spacial score (nSPS) is 22.3. The largest absolute Gasteiger partial charge is 0.387 e. The maximum absolute atomic E-state index is 12.4. The summed E-state index contributed by atoms with van der Waals surface area (Å²) in [5.41, 5.74) is 0.319. The summed E-state index contributed by atoms with van der Waals surface area (Å²) >= 11 is 1.77. The van der Waals surface area contributed by atoms with E-state index in [1.165, 1.54) is 6.20 Å². The average molecular weight is 371 g/mol. The molecule has 8 heteroatoms. The maximum atomic E-state index is 12.4. The molecule has 1 fully saturated rings. The molecule has 136 valence electrons. The van der Waals surface area contributed by atoms with Crippen molar-refractivity contribution in [2.24, 2.45) is 0 Å². The Hall–Kier alpha value is -2.32. The minimum Gasteiger partial charge on any atom is -0.387 e. The summed E-state index contributed by atoms with van der Waals surface area (Å²) < 4.78 is 1.64. The second kappa shape index (κ2) is 6.77. The summed E-state index contributed by atoms with van der Waals surface area (Å²) in [6.07, 6.45) is 3.29. The predicted octanol–water partition coefficient (Wildman–Crippen LogP) is 2.17. The van der Waals surface area contributed by atoms with Crippen LogP contribution < -0.4 is 10.9 Å². The molecule has 2 aromatic heterocycles. The lowest BCUT2D eigenvalue weighted by Crippen LogP contribution is -2.54. The van der Waals surface area contributed by atoms with E-state index in [1.807, 2.05) is 30.3 Å². The summed E-state index contributed by atoms with van der Waals surface area (Å²) in [6.45, 7) is 2.45. The van der Waals surface area contributed by atoms with E-state index in [2.05, 4.69) is 27.3 Å². The number of thioether (sulfide) groups is 1. The van der Waals surface area contributed by atoms with Gasteiger partial charge in [-0.3, -0.25) is 9.78 Å². The fourth-order valence-electron chi connectivity index (χ4n) is 3.23. The minimum absolute atomic E-state index is 0.227. The molecule has 0 spiro atoms. The number of hydrogen-bond acceptors (Lipinski definition) is 6. The molecule has 4 rings (SSSR count). The second-order valence-electron chi connectivity index (χ2n) is 6.48. The molecule has 7 nitrogen and oxygen atoms in total. The van der Waals surface area contributed by atoms with Crippen LogP contribution in [-0.2, 0) is 0 Å². The molecule has 1 aliphatic carbocycles. The molecule has 26 heavy (non-hydrogen) atoms. The number of anilines is 1. The van der Waals surface area contributed by atoms with E-state index >= 15 is 0 Å². The number of aromatic amines is 1. The van der Waals surface area contributed by atoms with Crippen molar-refractivity contribution >= 4 is 28.7 Å². The summed E-state index contributed by atoms with van der Waals surface area (Å²) in [7, 11) is 0. The van der Waals surface area contributed by atoms with Gasteiger partial charge in [0, 0.05) is 11.8 Å². The van der Waals surface area contributed by atoms with Crippen LogP contribution in [0.4, 0.5) is 5.95 Å². The Morgan fingerprint density at radius 2 is 2.23 bits per heavy atom. The van der Waals surface area contributed by atoms with Crippen molar-refractivity contribution in [2.75, 3.05) is 17.6 Å². The molecule has 0 bridgehead atoms. The van der Waals surface area contributed by atoms with E-state index in [-0.39, 0.29) is 10.8 Å². The highest BCUT2D eigenvalue weighted by atomic mass is 32.2. The van der Waals surface area contributed by atoms with Gasteiger partial charge in [0.1, 0.15) is 5.39 Å². The SMILES string of the molecule is CCSC1CCC1(O)CNc1nc2c(cnn2-c2ccccc2)c(=O)[nH]1. The van der Waals surface area contributed by atoms with Crippen LogP contribution in [0.15, 0.2) is 41.3 Å². The third kappa shape index (κ3) is 2.99. The zero-order valence-corrected chi connectivity index (χ0v) is 15.3. The monoisotopic (exact) mass is 371 g/mol. The number of rotatable bonds is 6. The van der Waals surface area contributed by atoms with Crippen molar-refractivity contribution in [2.45, 2.75) is 30.6 Å². The molecule has 2 heterocycles. The van der Waals surface area contributed by atoms with Gasteiger partial charge in [-0.1, -0.05) is 25.1 Å². The van der Waals surface area contributed by atoms with Crippen LogP contribution >= 0.6 is 11.8 Å². The summed E-state index contributed by atoms with van der Waals surface area (Å²) in [5.74, 6) is 1.32. The van der Waals surface area contributed by atoms with Gasteiger partial charge in [0.15, 0.2) is 5.65 Å². The lowest BCUT2D eigenvalue weighted by Gasteiger charge is -2.45. The van der Waals surface area contributed by atoms with Gasteiger partial charge in [-0.25, -0.2) is 4.68 Å². The standard InChI is InChI=1S/C18H21N5O2S/c1-2-26-14-8-9-18(14,25)11-19-17-21-15-13(16(24)22-17)10-20-23(15)12-6-4-3-5-7-12/h3-7,10,14,25H,2,8-9,11H2,1H3,(H2,19,21,22,24). The predicted molar refractivity (Wildman–Crippen MR) is 104 cm³/mol. The van der Waals surface area contributed by atoms with Crippen molar-refractivity contribution in [3.63, 3.8) is 0 Å². The van der Waals surface area contributed by atoms with Gasteiger partial charge in [0.2, 0.25) is 5.95 Å². The molecule has 3 N–H and O–H groups in total. The van der Waals surface area contributed by atoms with Crippen LogP contribution in [0, 0.1) is 0 Å². The number of nitrogens with one attached hydrogen (secondary N) is 2. The quantitative estimate of drug-likeness (QED) is 0.615. The van der Waals surface area contributed by atoms with Crippen LogP contribution in [0.25, 0.3) is 16.7 Å². The van der Waals surface area contributed by atoms with Crippen LogP contribution in [0.1, 0.15) is 19.8 Å². The minimum atomic E-state index is -0.756. The molecule has 2 unspecified atom stereocenters. The third-order valence-corrected chi connectivity index (χ3v) is 6.22. The molecule has 1 saturated carbocycles. The van der Waals surface area contributed by atoms with Crippen LogP contribution in [0.2, 0.25) is 0 Å². The molecule has 0 aliphatic heterocycles. The number of para-hydroxylation sites is 1. The fraction of sp³-hybridized carbons (Fsp3) is 0.389. The molecule has 1 aromatic carbocycles. The van der Waals surface area contributed by atoms with Gasteiger partial charge < -0.3 is 10.4 Å². The van der Waals surface area contributed by atoms with Crippen LogP contribution in [0.5, 0.6) is 0 Å². The molecule has 2 atom stereocenters. The Kier molecular flexibility index (Phi) is 4.46. The number of H-pyrrole nitrogens is 1. The summed E-state index contributed by atoms with van der Waals surface area (Å²) in [5, 5.41) is 18.8. The lowest BCUT2D eigenvalue weighted by molar-refractivity contribution is -0.0121. The van der Waals surface area contributed by atoms with Crippen molar-refractivity contribution in [1.29, 1.82) is 0 Å². The number of aliphatic hydroxyl groups is 1. The number of benzene rings is 1. The van der Waals surface area contributed by atoms with Crippen molar-refractivity contribution in [3.8, 4) is 5.69 Å². The molecule has 0 saturated heterocycles. The van der Waals surface area contributed by atoms with E-state index < -0.39 is 5.60 Å². The van der Waals surface area contributed by atoms with Gasteiger partial charge in [0.25, 0.3) is 5.56 Å². The highest BCUT2D eigenvalue weighted by Crippen LogP contribution is 2.41. The first kappa shape index (κ1) is 17.1. The Labute approximate surface area is 154 Å². The maximum Gasteiger partial charge on any atom is 0.263 e. The van der Waals surface area contributed by atoms with Gasteiger partial charge in [0.05, 0.1) is 17.5 Å². The highest BCUT2D eigenvalue weighted by molar-refractivity contribution is 8.00. The molecular weight excluding hydrogens is 350 g/mol. The Morgan fingerprint density at radius 1 is 1.42 bits per heavy atom. The van der Waals surface area contributed by atoms with Crippen molar-refractivity contribution in [3.05, 3.63) is 46.9 Å². The van der Waals surface area contributed by atoms with Crippen molar-refractivity contribution in [1.82, 2.24) is 19.7 Å². The van der Waals surface area contributed by atoms with E-state index in [1.54, 1.807) is 16.4 Å². The second-order valence-corrected chi connectivity index (χ2v) is 7.96. The number of fused-ring (bicyclic) bond motifs is 1. The first-order valence-electron chi connectivity index (χ1n) is 8.72. The van der Waals surface area contributed by atoms with Gasteiger partial charge in [-0.15, -0.1) is 0 Å². The van der Waals surface area contributed by atoms with E-state index in [0.29, 0.717) is 23.5 Å². The van der Waals surface area contributed by atoms with Crippen LogP contribution in [-0.4, -0.2) is 48.0 Å². The molecule has 0 amide bonds. The Morgan fingerprint density at radius 3 is 2.92 bits per heavy atom. The Bertz CT molecular complexity index is 971. The zero-order valence-electron chi connectivity index (χ0n) is 14.5. The van der Waals surface area contributed by atoms with Gasteiger partial charge in [-0.05, 0) is 30.7 Å². The first-order chi connectivity index (χ1) is 12.6. The van der Waals surface area contributed by atoms with Gasteiger partial charge >= 0.3 is 0 Å². The summed E-state index contributed by atoms with van der Waals surface area (Å²) in [4.78, 5) is 19.6. The molecular formula is C18H21N5O2S. The highest BCUT2D eigenvalue weighted by Gasteiger charge is 2.45. The third-order valence-electron chi connectivity index (χ3n) is 4.81. The Balaban J connectivity index is 1.62. The molecule has 0 radical (unpaired) electrons. The van der Waals surface area contributed by atoms with E-state index in [9.17, 15) is 9.90 Å². The summed E-state index contributed by atoms with van der Waals surface area (Å²) in [6, 6.07) is 9.56.